The molecule has 0 saturated heterocycles. The van der Waals surface area contributed by atoms with Crippen molar-refractivity contribution in [2.75, 3.05) is 17.2 Å². The SMILES string of the molecule is Cc1ccc(NC(=O)Nc2ccc(-c3ccc(OCC4(C(=O)O)CCCCC4)nc3)cc2)c(C)c1. The van der Waals surface area contributed by atoms with Gasteiger partial charge in [-0.2, -0.15) is 0 Å². The predicted octanol–water partition coefficient (Wildman–Crippen LogP) is 6.42. The Labute approximate surface area is 205 Å². The number of nitrogens with zero attached hydrogens (tertiary/aromatic N) is 1. The second-order valence-electron chi connectivity index (χ2n) is 9.29. The van der Waals surface area contributed by atoms with Crippen molar-refractivity contribution < 1.29 is 19.4 Å². The van der Waals surface area contributed by atoms with Gasteiger partial charge in [0.25, 0.3) is 0 Å². The number of rotatable bonds is 7. The minimum absolute atomic E-state index is 0.138. The van der Waals surface area contributed by atoms with Crippen LogP contribution in [0.2, 0.25) is 0 Å². The standard InChI is InChI=1S/C28H31N3O4/c1-19-6-12-24(20(2)16-19)31-27(34)30-23-10-7-21(8-11-23)22-9-13-25(29-17-22)35-18-28(26(32)33)14-4-3-5-15-28/h6-13,16-17H,3-5,14-15,18H2,1-2H3,(H,32,33)(H2,30,31,34). The number of benzene rings is 2. The fraction of sp³-hybridized carbons (Fsp3) is 0.321. The van der Waals surface area contributed by atoms with Gasteiger partial charge in [0.15, 0.2) is 0 Å². The Balaban J connectivity index is 1.34. The van der Waals surface area contributed by atoms with Gasteiger partial charge in [0, 0.05) is 29.2 Å². The number of aromatic nitrogens is 1. The Bertz CT molecular complexity index is 1180. The zero-order valence-electron chi connectivity index (χ0n) is 20.1. The molecule has 7 nitrogen and oxygen atoms in total. The zero-order valence-corrected chi connectivity index (χ0v) is 20.1. The van der Waals surface area contributed by atoms with E-state index in [4.69, 9.17) is 4.74 Å². The maximum Gasteiger partial charge on any atom is 0.323 e. The van der Waals surface area contributed by atoms with Gasteiger partial charge in [-0.1, -0.05) is 49.1 Å². The van der Waals surface area contributed by atoms with Crippen molar-refractivity contribution in [3.63, 3.8) is 0 Å². The van der Waals surface area contributed by atoms with Crippen LogP contribution >= 0.6 is 0 Å². The quantitative estimate of drug-likeness (QED) is 0.367. The highest BCUT2D eigenvalue weighted by Crippen LogP contribution is 2.37. The lowest BCUT2D eigenvalue weighted by molar-refractivity contribution is -0.153. The number of carbonyl (C=O) groups is 2. The van der Waals surface area contributed by atoms with Crippen LogP contribution in [0.4, 0.5) is 16.2 Å². The molecule has 182 valence electrons. The molecule has 3 N–H and O–H groups in total. The Morgan fingerprint density at radius 2 is 1.66 bits per heavy atom. The van der Waals surface area contributed by atoms with Crippen molar-refractivity contribution in [3.05, 3.63) is 71.9 Å². The lowest BCUT2D eigenvalue weighted by Gasteiger charge is -2.32. The minimum Gasteiger partial charge on any atom is -0.481 e. The first kappa shape index (κ1) is 24.3. The zero-order chi connectivity index (χ0) is 24.8. The number of carbonyl (C=O) groups excluding carboxylic acids is 1. The largest absolute Gasteiger partial charge is 0.481 e. The summed E-state index contributed by atoms with van der Waals surface area (Å²) in [4.78, 5) is 28.6. The van der Waals surface area contributed by atoms with Crippen molar-refractivity contribution >= 4 is 23.4 Å². The Morgan fingerprint density at radius 1 is 0.943 bits per heavy atom. The van der Waals surface area contributed by atoms with E-state index in [0.29, 0.717) is 24.4 Å². The fourth-order valence-electron chi connectivity index (χ4n) is 4.48. The van der Waals surface area contributed by atoms with Gasteiger partial charge in [0.05, 0.1) is 0 Å². The van der Waals surface area contributed by atoms with Crippen LogP contribution in [0.3, 0.4) is 0 Å². The van der Waals surface area contributed by atoms with Crippen LogP contribution in [-0.2, 0) is 4.79 Å². The van der Waals surface area contributed by atoms with E-state index in [2.05, 4.69) is 15.6 Å². The van der Waals surface area contributed by atoms with Crippen molar-refractivity contribution in [3.8, 4) is 17.0 Å². The van der Waals surface area contributed by atoms with E-state index in [1.165, 1.54) is 0 Å². The van der Waals surface area contributed by atoms with Crippen LogP contribution in [-0.4, -0.2) is 28.7 Å². The number of hydrogen-bond acceptors (Lipinski definition) is 4. The smallest absolute Gasteiger partial charge is 0.323 e. The van der Waals surface area contributed by atoms with Crippen LogP contribution in [0.15, 0.2) is 60.8 Å². The van der Waals surface area contributed by atoms with Gasteiger partial charge < -0.3 is 20.5 Å². The molecular weight excluding hydrogens is 442 g/mol. The highest BCUT2D eigenvalue weighted by atomic mass is 16.5. The molecule has 7 heteroatoms. The summed E-state index contributed by atoms with van der Waals surface area (Å²) in [6.07, 6.45) is 5.90. The average molecular weight is 474 g/mol. The Hall–Kier alpha value is -3.87. The Kier molecular flexibility index (Phi) is 7.34. The first-order valence-electron chi connectivity index (χ1n) is 11.9. The summed E-state index contributed by atoms with van der Waals surface area (Å²) in [6.45, 7) is 4.11. The number of aryl methyl sites for hydroxylation is 2. The first-order valence-corrected chi connectivity index (χ1v) is 11.9. The van der Waals surface area contributed by atoms with E-state index in [9.17, 15) is 14.7 Å². The number of amides is 2. The molecular formula is C28H31N3O4. The third-order valence-corrected chi connectivity index (χ3v) is 6.60. The molecule has 35 heavy (non-hydrogen) atoms. The van der Waals surface area contributed by atoms with E-state index < -0.39 is 11.4 Å². The van der Waals surface area contributed by atoms with E-state index in [1.54, 1.807) is 12.3 Å². The second-order valence-corrected chi connectivity index (χ2v) is 9.29. The number of nitrogens with one attached hydrogen (secondary N) is 2. The van der Waals surface area contributed by atoms with Crippen molar-refractivity contribution in [2.45, 2.75) is 46.0 Å². The summed E-state index contributed by atoms with van der Waals surface area (Å²) in [5.74, 6) is -0.369. The lowest BCUT2D eigenvalue weighted by atomic mass is 9.75. The van der Waals surface area contributed by atoms with Gasteiger partial charge in [-0.05, 0) is 62.1 Å². The maximum atomic E-state index is 12.4. The fourth-order valence-corrected chi connectivity index (χ4v) is 4.48. The summed E-state index contributed by atoms with van der Waals surface area (Å²) in [6, 6.07) is 16.7. The number of carboxylic acids is 1. The molecule has 2 amide bonds. The third-order valence-electron chi connectivity index (χ3n) is 6.60. The second kappa shape index (κ2) is 10.6. The monoisotopic (exact) mass is 473 g/mol. The number of ether oxygens (including phenoxy) is 1. The van der Waals surface area contributed by atoms with E-state index in [-0.39, 0.29) is 12.6 Å². The molecule has 3 aromatic rings. The molecule has 1 aromatic heterocycles. The first-order chi connectivity index (χ1) is 16.8. The number of pyridine rings is 1. The number of anilines is 2. The molecule has 0 spiro atoms. The Morgan fingerprint density at radius 3 is 2.29 bits per heavy atom. The molecule has 0 bridgehead atoms. The molecule has 1 heterocycles. The number of carboxylic acid groups (broad SMARTS) is 1. The van der Waals surface area contributed by atoms with Gasteiger partial charge in [0.1, 0.15) is 12.0 Å². The molecule has 1 aliphatic rings. The highest BCUT2D eigenvalue weighted by Gasteiger charge is 2.40. The minimum atomic E-state index is -0.814. The maximum absolute atomic E-state index is 12.4. The van der Waals surface area contributed by atoms with Crippen LogP contribution in [0, 0.1) is 19.3 Å². The van der Waals surface area contributed by atoms with Gasteiger partial charge in [-0.3, -0.25) is 4.79 Å². The third kappa shape index (κ3) is 5.98. The number of aliphatic carboxylic acids is 1. The van der Waals surface area contributed by atoms with Crippen molar-refractivity contribution in [2.24, 2.45) is 5.41 Å². The van der Waals surface area contributed by atoms with Gasteiger partial charge in [0.2, 0.25) is 5.88 Å². The van der Waals surface area contributed by atoms with Crippen LogP contribution in [0.5, 0.6) is 5.88 Å². The number of hydrogen-bond donors (Lipinski definition) is 3. The molecule has 0 atom stereocenters. The summed E-state index contributed by atoms with van der Waals surface area (Å²) >= 11 is 0. The summed E-state index contributed by atoms with van der Waals surface area (Å²) in [5.41, 5.74) is 4.63. The summed E-state index contributed by atoms with van der Waals surface area (Å²) in [7, 11) is 0. The summed E-state index contributed by atoms with van der Waals surface area (Å²) < 4.78 is 5.78. The molecule has 0 aliphatic heterocycles. The normalized spacial score (nSPS) is 14.7. The molecule has 1 fully saturated rings. The van der Waals surface area contributed by atoms with Crippen LogP contribution in [0.25, 0.3) is 11.1 Å². The molecule has 4 rings (SSSR count). The van der Waals surface area contributed by atoms with E-state index in [1.807, 2.05) is 62.4 Å². The van der Waals surface area contributed by atoms with Gasteiger partial charge in [-0.15, -0.1) is 0 Å². The molecule has 2 aromatic carbocycles. The average Bonchev–Trinajstić information content (AvgIpc) is 2.86. The van der Waals surface area contributed by atoms with Gasteiger partial charge >= 0.3 is 12.0 Å². The molecule has 1 aliphatic carbocycles. The molecule has 1 saturated carbocycles. The van der Waals surface area contributed by atoms with Gasteiger partial charge in [-0.25, -0.2) is 9.78 Å². The van der Waals surface area contributed by atoms with Crippen molar-refractivity contribution in [1.82, 2.24) is 4.98 Å². The molecule has 0 radical (unpaired) electrons. The number of urea groups is 1. The van der Waals surface area contributed by atoms with Crippen molar-refractivity contribution in [1.29, 1.82) is 0 Å². The highest BCUT2D eigenvalue weighted by molar-refractivity contribution is 6.00. The molecule has 0 unspecified atom stereocenters. The summed E-state index contributed by atoms with van der Waals surface area (Å²) in [5, 5.41) is 15.4. The lowest BCUT2D eigenvalue weighted by Crippen LogP contribution is -2.39. The van der Waals surface area contributed by atoms with E-state index >= 15 is 0 Å². The van der Waals surface area contributed by atoms with E-state index in [0.717, 1.165) is 47.2 Å². The van der Waals surface area contributed by atoms with Crippen LogP contribution < -0.4 is 15.4 Å². The topological polar surface area (TPSA) is 101 Å². The predicted molar refractivity (Wildman–Crippen MR) is 137 cm³/mol. The van der Waals surface area contributed by atoms with Crippen LogP contribution in [0.1, 0.15) is 43.2 Å².